The number of amides is 3. The number of nitrogens with zero attached hydrogens (tertiary/aromatic N) is 3. The monoisotopic (exact) mass is 427 g/mol. The van der Waals surface area contributed by atoms with E-state index < -0.39 is 0 Å². The fraction of sp³-hybridized carbons (Fsp3) is 0.500. The van der Waals surface area contributed by atoms with Crippen LogP contribution in [-0.4, -0.2) is 60.4 Å². The molecule has 162 valence electrons. The number of hydrogen-bond acceptors (Lipinski definition) is 3. The number of carbonyl (C=O) groups is 2. The first-order valence-corrected chi connectivity index (χ1v) is 11.7. The number of carbonyl (C=O) groups excluding carboxylic acids is 2. The van der Waals surface area contributed by atoms with Gasteiger partial charge in [-0.3, -0.25) is 4.79 Å². The Kier molecular flexibility index (Phi) is 7.53. The van der Waals surface area contributed by atoms with E-state index in [-0.39, 0.29) is 24.5 Å². The zero-order chi connectivity index (χ0) is 21.7. The van der Waals surface area contributed by atoms with Crippen molar-refractivity contribution in [1.82, 2.24) is 14.7 Å². The second-order valence-corrected chi connectivity index (χ2v) is 9.20. The molecule has 1 aliphatic rings. The maximum Gasteiger partial charge on any atom is 0.319 e. The molecule has 3 rings (SSSR count). The summed E-state index contributed by atoms with van der Waals surface area (Å²) in [6, 6.07) is 10.3. The van der Waals surface area contributed by atoms with Gasteiger partial charge in [0.15, 0.2) is 0 Å². The molecular formula is C24H33N3O2S. The molecule has 6 heteroatoms. The molecule has 0 radical (unpaired) electrons. The highest BCUT2D eigenvalue weighted by Gasteiger charge is 2.34. The van der Waals surface area contributed by atoms with Gasteiger partial charge in [-0.25, -0.2) is 4.79 Å². The standard InChI is InChI=1S/C24H33N3O2S/c1-5-6-9-14-26(24(29)25(3)4)17-22(28)27-15-12-21-20(13-16-30-21)23(27)19-11-8-7-10-18(19)2/h7-8,10-11,13,16,23H,5-6,9,12,14-15,17H2,1-4H3. The molecule has 0 fully saturated rings. The number of fused-ring (bicyclic) bond motifs is 1. The van der Waals surface area contributed by atoms with Crippen molar-refractivity contribution in [2.24, 2.45) is 0 Å². The summed E-state index contributed by atoms with van der Waals surface area (Å²) in [5, 5.41) is 2.12. The Hall–Kier alpha value is -2.34. The Balaban J connectivity index is 1.87. The highest BCUT2D eigenvalue weighted by molar-refractivity contribution is 7.10. The van der Waals surface area contributed by atoms with E-state index in [0.717, 1.165) is 25.7 Å². The molecule has 1 aromatic heterocycles. The summed E-state index contributed by atoms with van der Waals surface area (Å²) >= 11 is 1.77. The molecule has 0 bridgehead atoms. The molecule has 0 saturated heterocycles. The van der Waals surface area contributed by atoms with E-state index >= 15 is 0 Å². The van der Waals surface area contributed by atoms with Gasteiger partial charge in [-0.05, 0) is 47.9 Å². The van der Waals surface area contributed by atoms with Crippen LogP contribution in [0, 0.1) is 6.92 Å². The Bertz CT molecular complexity index is 877. The molecule has 1 atom stereocenters. The molecule has 1 aliphatic heterocycles. The van der Waals surface area contributed by atoms with Gasteiger partial charge < -0.3 is 14.7 Å². The molecule has 2 heterocycles. The SMILES string of the molecule is CCCCCN(CC(=O)N1CCc2sccc2C1c1ccccc1C)C(=O)N(C)C. The van der Waals surface area contributed by atoms with Gasteiger partial charge in [-0.15, -0.1) is 11.3 Å². The number of thiophene rings is 1. The minimum absolute atomic E-state index is 0.0202. The van der Waals surface area contributed by atoms with Crippen LogP contribution in [0.4, 0.5) is 4.79 Å². The summed E-state index contributed by atoms with van der Waals surface area (Å²) < 4.78 is 0. The van der Waals surface area contributed by atoms with Crippen LogP contribution >= 0.6 is 11.3 Å². The largest absolute Gasteiger partial charge is 0.331 e. The van der Waals surface area contributed by atoms with Crippen LogP contribution in [0.15, 0.2) is 35.7 Å². The van der Waals surface area contributed by atoms with Crippen molar-refractivity contribution in [2.45, 2.75) is 45.6 Å². The van der Waals surface area contributed by atoms with Gasteiger partial charge >= 0.3 is 6.03 Å². The van der Waals surface area contributed by atoms with Gasteiger partial charge in [0, 0.05) is 32.1 Å². The summed E-state index contributed by atoms with van der Waals surface area (Å²) in [5.41, 5.74) is 3.58. The van der Waals surface area contributed by atoms with Gasteiger partial charge in [0.2, 0.25) is 5.91 Å². The summed E-state index contributed by atoms with van der Waals surface area (Å²) in [4.78, 5) is 32.8. The molecule has 0 aliphatic carbocycles. The van der Waals surface area contributed by atoms with Crippen molar-refractivity contribution in [3.63, 3.8) is 0 Å². The molecule has 0 N–H and O–H groups in total. The van der Waals surface area contributed by atoms with Crippen LogP contribution in [0.25, 0.3) is 0 Å². The Morgan fingerprint density at radius 3 is 2.60 bits per heavy atom. The average Bonchev–Trinajstić information content (AvgIpc) is 3.21. The van der Waals surface area contributed by atoms with E-state index in [1.807, 2.05) is 17.0 Å². The first-order valence-electron chi connectivity index (χ1n) is 10.8. The van der Waals surface area contributed by atoms with Crippen LogP contribution in [0.2, 0.25) is 0 Å². The minimum Gasteiger partial charge on any atom is -0.331 e. The molecule has 3 amide bonds. The number of unbranched alkanes of at least 4 members (excludes halogenated alkanes) is 2. The first kappa shape index (κ1) is 22.3. The zero-order valence-electron chi connectivity index (χ0n) is 18.6. The minimum atomic E-state index is -0.0971. The van der Waals surface area contributed by atoms with Crippen molar-refractivity contribution in [3.8, 4) is 0 Å². The Morgan fingerprint density at radius 2 is 1.90 bits per heavy atom. The van der Waals surface area contributed by atoms with E-state index in [4.69, 9.17) is 0 Å². The topological polar surface area (TPSA) is 43.9 Å². The fourth-order valence-electron chi connectivity index (χ4n) is 4.15. The lowest BCUT2D eigenvalue weighted by Crippen LogP contribution is -2.49. The lowest BCUT2D eigenvalue weighted by molar-refractivity contribution is -0.134. The van der Waals surface area contributed by atoms with Crippen molar-refractivity contribution < 1.29 is 9.59 Å². The van der Waals surface area contributed by atoms with Gasteiger partial charge in [-0.2, -0.15) is 0 Å². The molecular weight excluding hydrogens is 394 g/mol. The predicted octanol–water partition coefficient (Wildman–Crippen LogP) is 4.70. The molecule has 1 unspecified atom stereocenters. The van der Waals surface area contributed by atoms with Crippen molar-refractivity contribution >= 4 is 23.3 Å². The lowest BCUT2D eigenvalue weighted by Gasteiger charge is -2.38. The first-order chi connectivity index (χ1) is 14.4. The summed E-state index contributed by atoms with van der Waals surface area (Å²) in [6.07, 6.45) is 3.93. The fourth-order valence-corrected chi connectivity index (χ4v) is 5.05. The van der Waals surface area contributed by atoms with Crippen molar-refractivity contribution in [3.05, 3.63) is 57.3 Å². The Morgan fingerprint density at radius 1 is 1.13 bits per heavy atom. The van der Waals surface area contributed by atoms with Crippen molar-refractivity contribution in [2.75, 3.05) is 33.7 Å². The normalized spacial score (nSPS) is 15.6. The highest BCUT2D eigenvalue weighted by atomic mass is 32.1. The molecule has 0 spiro atoms. The average molecular weight is 428 g/mol. The second-order valence-electron chi connectivity index (χ2n) is 8.20. The Labute approximate surface area is 184 Å². The maximum absolute atomic E-state index is 13.5. The number of urea groups is 1. The van der Waals surface area contributed by atoms with Gasteiger partial charge in [-0.1, -0.05) is 44.0 Å². The summed E-state index contributed by atoms with van der Waals surface area (Å²) in [5.74, 6) is 0.0202. The van der Waals surface area contributed by atoms with E-state index in [9.17, 15) is 9.59 Å². The van der Waals surface area contributed by atoms with Crippen LogP contribution in [-0.2, 0) is 11.2 Å². The lowest BCUT2D eigenvalue weighted by atomic mass is 9.90. The number of rotatable bonds is 7. The van der Waals surface area contributed by atoms with E-state index in [2.05, 4.69) is 37.4 Å². The van der Waals surface area contributed by atoms with Gasteiger partial charge in [0.1, 0.15) is 6.54 Å². The van der Waals surface area contributed by atoms with E-state index in [0.29, 0.717) is 13.1 Å². The molecule has 2 aromatic rings. The third-order valence-corrected chi connectivity index (χ3v) is 6.78. The number of hydrogen-bond donors (Lipinski definition) is 0. The highest BCUT2D eigenvalue weighted by Crippen LogP contribution is 2.39. The summed E-state index contributed by atoms with van der Waals surface area (Å²) in [6.45, 7) is 5.67. The van der Waals surface area contributed by atoms with Gasteiger partial charge in [0.05, 0.1) is 6.04 Å². The quantitative estimate of drug-likeness (QED) is 0.601. The van der Waals surface area contributed by atoms with Crippen LogP contribution in [0.1, 0.15) is 53.8 Å². The van der Waals surface area contributed by atoms with E-state index in [1.54, 1.807) is 35.2 Å². The number of benzene rings is 1. The molecule has 30 heavy (non-hydrogen) atoms. The maximum atomic E-state index is 13.5. The molecule has 1 aromatic carbocycles. The van der Waals surface area contributed by atoms with Crippen LogP contribution in [0.5, 0.6) is 0 Å². The second kappa shape index (κ2) is 10.1. The molecule has 5 nitrogen and oxygen atoms in total. The molecule has 0 saturated carbocycles. The van der Waals surface area contributed by atoms with Gasteiger partial charge in [0.25, 0.3) is 0 Å². The van der Waals surface area contributed by atoms with Crippen LogP contribution < -0.4 is 0 Å². The predicted molar refractivity (Wildman–Crippen MR) is 123 cm³/mol. The smallest absolute Gasteiger partial charge is 0.319 e. The van der Waals surface area contributed by atoms with Crippen LogP contribution in [0.3, 0.4) is 0 Å². The van der Waals surface area contributed by atoms with E-state index in [1.165, 1.54) is 21.6 Å². The zero-order valence-corrected chi connectivity index (χ0v) is 19.4. The third kappa shape index (κ3) is 4.86. The van der Waals surface area contributed by atoms with Crippen molar-refractivity contribution in [1.29, 1.82) is 0 Å². The number of aryl methyl sites for hydroxylation is 1. The summed E-state index contributed by atoms with van der Waals surface area (Å²) in [7, 11) is 3.49. The third-order valence-electron chi connectivity index (χ3n) is 5.78.